The van der Waals surface area contributed by atoms with Crippen molar-refractivity contribution < 1.29 is 13.2 Å². The van der Waals surface area contributed by atoms with Crippen molar-refractivity contribution in [3.8, 4) is 0 Å². The summed E-state index contributed by atoms with van der Waals surface area (Å²) in [4.78, 5) is 0. The number of nitrogens with zero attached hydrogens (tertiary/aromatic N) is 1. The average Bonchev–Trinajstić information content (AvgIpc) is 2.37. The van der Waals surface area contributed by atoms with E-state index in [1.54, 1.807) is 6.07 Å². The summed E-state index contributed by atoms with van der Waals surface area (Å²) in [7, 11) is -3.46. The topological polar surface area (TPSA) is 58.6 Å². The highest BCUT2D eigenvalue weighted by atomic mass is 35.5. The van der Waals surface area contributed by atoms with Gasteiger partial charge in [0.1, 0.15) is 0 Å². The van der Waals surface area contributed by atoms with E-state index in [9.17, 15) is 8.42 Å². The minimum Gasteiger partial charge on any atom is -0.373 e. The van der Waals surface area contributed by atoms with Crippen molar-refractivity contribution in [2.24, 2.45) is 0 Å². The van der Waals surface area contributed by atoms with Crippen molar-refractivity contribution in [2.75, 3.05) is 19.6 Å². The summed E-state index contributed by atoms with van der Waals surface area (Å²) >= 11 is 5.91. The highest BCUT2D eigenvalue weighted by Crippen LogP contribution is 2.14. The number of hydrogen-bond donors (Lipinski definition) is 1. The van der Waals surface area contributed by atoms with Crippen LogP contribution in [-0.2, 0) is 21.4 Å². The second kappa shape index (κ2) is 7.07. The van der Waals surface area contributed by atoms with Gasteiger partial charge in [-0.05, 0) is 38.0 Å². The summed E-state index contributed by atoms with van der Waals surface area (Å²) in [6.07, 6.45) is 0.436. The molecule has 1 aliphatic rings. The molecule has 1 heterocycles. The molecule has 1 aromatic carbocycles. The maximum atomic E-state index is 12.3. The molecule has 5 nitrogen and oxygen atoms in total. The molecule has 21 heavy (non-hydrogen) atoms. The number of morpholine rings is 1. The van der Waals surface area contributed by atoms with E-state index in [0.717, 1.165) is 5.56 Å². The SMILES string of the molecule is C[C@H]1CN(S(=O)(=O)NCCc2cccc(Cl)c2)C[C@H](C)O1. The maximum Gasteiger partial charge on any atom is 0.279 e. The van der Waals surface area contributed by atoms with Crippen molar-refractivity contribution in [2.45, 2.75) is 32.5 Å². The molecule has 118 valence electrons. The molecule has 1 aliphatic heterocycles. The van der Waals surface area contributed by atoms with Crippen molar-refractivity contribution in [1.82, 2.24) is 9.03 Å². The second-order valence-electron chi connectivity index (χ2n) is 5.35. The highest BCUT2D eigenvalue weighted by molar-refractivity contribution is 7.87. The van der Waals surface area contributed by atoms with Crippen LogP contribution in [0.3, 0.4) is 0 Å². The molecule has 1 aromatic rings. The lowest BCUT2D eigenvalue weighted by Crippen LogP contribution is -2.52. The predicted molar refractivity (Wildman–Crippen MR) is 83.7 cm³/mol. The fraction of sp³-hybridized carbons (Fsp3) is 0.571. The van der Waals surface area contributed by atoms with E-state index in [2.05, 4.69) is 4.72 Å². The summed E-state index contributed by atoms with van der Waals surface area (Å²) in [5.41, 5.74) is 1.01. The molecule has 0 saturated carbocycles. The summed E-state index contributed by atoms with van der Waals surface area (Å²) in [5.74, 6) is 0. The number of halogens is 1. The van der Waals surface area contributed by atoms with E-state index in [1.807, 2.05) is 32.0 Å². The quantitative estimate of drug-likeness (QED) is 0.895. The number of nitrogens with one attached hydrogen (secondary N) is 1. The van der Waals surface area contributed by atoms with Crippen molar-refractivity contribution in [3.63, 3.8) is 0 Å². The molecule has 0 aliphatic carbocycles. The van der Waals surface area contributed by atoms with Crippen LogP contribution in [0, 0.1) is 0 Å². The van der Waals surface area contributed by atoms with Crippen LogP contribution >= 0.6 is 11.6 Å². The van der Waals surface area contributed by atoms with Crippen LogP contribution in [0.4, 0.5) is 0 Å². The fourth-order valence-corrected chi connectivity index (χ4v) is 4.00. The van der Waals surface area contributed by atoms with Crippen molar-refractivity contribution >= 4 is 21.8 Å². The first-order valence-electron chi connectivity index (χ1n) is 7.01. The van der Waals surface area contributed by atoms with Crippen LogP contribution in [0.2, 0.25) is 5.02 Å². The third kappa shape index (κ3) is 4.93. The molecule has 1 N–H and O–H groups in total. The lowest BCUT2D eigenvalue weighted by molar-refractivity contribution is -0.0443. The molecule has 0 amide bonds. The van der Waals surface area contributed by atoms with Gasteiger partial charge in [-0.1, -0.05) is 23.7 Å². The van der Waals surface area contributed by atoms with Gasteiger partial charge in [0.2, 0.25) is 0 Å². The van der Waals surface area contributed by atoms with Gasteiger partial charge in [0, 0.05) is 24.7 Å². The Morgan fingerprint density at radius 1 is 1.33 bits per heavy atom. The molecular formula is C14H21ClN2O3S. The molecular weight excluding hydrogens is 312 g/mol. The molecule has 0 aromatic heterocycles. The summed E-state index contributed by atoms with van der Waals surface area (Å²) in [6, 6.07) is 7.43. The minimum absolute atomic E-state index is 0.0849. The molecule has 0 spiro atoms. The van der Waals surface area contributed by atoms with Crippen LogP contribution < -0.4 is 4.72 Å². The van der Waals surface area contributed by atoms with E-state index in [0.29, 0.717) is 31.1 Å². The fourth-order valence-electron chi connectivity index (χ4n) is 2.44. The van der Waals surface area contributed by atoms with Gasteiger partial charge < -0.3 is 4.74 Å². The van der Waals surface area contributed by atoms with Gasteiger partial charge in [-0.15, -0.1) is 0 Å². The predicted octanol–water partition coefficient (Wildman–Crippen LogP) is 1.83. The summed E-state index contributed by atoms with van der Waals surface area (Å²) < 4.78 is 34.2. The maximum absolute atomic E-state index is 12.3. The smallest absolute Gasteiger partial charge is 0.279 e. The largest absolute Gasteiger partial charge is 0.373 e. The molecule has 1 saturated heterocycles. The molecule has 2 atom stereocenters. The highest BCUT2D eigenvalue weighted by Gasteiger charge is 2.30. The Morgan fingerprint density at radius 3 is 2.62 bits per heavy atom. The number of benzene rings is 1. The first-order chi connectivity index (χ1) is 9.87. The van der Waals surface area contributed by atoms with Crippen LogP contribution in [0.15, 0.2) is 24.3 Å². The Labute approximate surface area is 131 Å². The van der Waals surface area contributed by atoms with Gasteiger partial charge in [0.15, 0.2) is 0 Å². The van der Waals surface area contributed by atoms with E-state index in [-0.39, 0.29) is 12.2 Å². The minimum atomic E-state index is -3.46. The Balaban J connectivity index is 1.89. The Bertz CT molecular complexity index is 569. The molecule has 7 heteroatoms. The Kier molecular flexibility index (Phi) is 5.62. The van der Waals surface area contributed by atoms with Gasteiger partial charge in [-0.3, -0.25) is 0 Å². The van der Waals surface area contributed by atoms with Gasteiger partial charge in [0.05, 0.1) is 12.2 Å². The third-order valence-corrected chi connectivity index (χ3v) is 5.10. The average molecular weight is 333 g/mol. The van der Waals surface area contributed by atoms with Crippen LogP contribution in [0.5, 0.6) is 0 Å². The second-order valence-corrected chi connectivity index (χ2v) is 7.55. The van der Waals surface area contributed by atoms with Crippen LogP contribution in [0.1, 0.15) is 19.4 Å². The lowest BCUT2D eigenvalue weighted by atomic mass is 10.2. The molecule has 1 fully saturated rings. The van der Waals surface area contributed by atoms with E-state index in [4.69, 9.17) is 16.3 Å². The van der Waals surface area contributed by atoms with Gasteiger partial charge in [-0.25, -0.2) is 4.72 Å². The van der Waals surface area contributed by atoms with Gasteiger partial charge in [-0.2, -0.15) is 12.7 Å². The zero-order valence-electron chi connectivity index (χ0n) is 12.3. The Morgan fingerprint density at radius 2 is 2.00 bits per heavy atom. The summed E-state index contributed by atoms with van der Waals surface area (Å²) in [6.45, 7) is 4.88. The van der Waals surface area contributed by atoms with E-state index in [1.165, 1.54) is 4.31 Å². The van der Waals surface area contributed by atoms with Crippen LogP contribution in [-0.4, -0.2) is 44.6 Å². The zero-order valence-corrected chi connectivity index (χ0v) is 13.8. The summed E-state index contributed by atoms with van der Waals surface area (Å²) in [5, 5.41) is 0.659. The van der Waals surface area contributed by atoms with Crippen LogP contribution in [0.25, 0.3) is 0 Å². The normalized spacial score (nSPS) is 24.1. The zero-order chi connectivity index (χ0) is 15.5. The van der Waals surface area contributed by atoms with E-state index < -0.39 is 10.2 Å². The van der Waals surface area contributed by atoms with Crippen molar-refractivity contribution in [3.05, 3.63) is 34.9 Å². The Hall–Kier alpha value is -0.660. The first kappa shape index (κ1) is 16.7. The first-order valence-corrected chi connectivity index (χ1v) is 8.83. The van der Waals surface area contributed by atoms with E-state index >= 15 is 0 Å². The van der Waals surface area contributed by atoms with Crippen molar-refractivity contribution in [1.29, 1.82) is 0 Å². The lowest BCUT2D eigenvalue weighted by Gasteiger charge is -2.34. The molecule has 0 bridgehead atoms. The molecule has 0 unspecified atom stereocenters. The number of hydrogen-bond acceptors (Lipinski definition) is 3. The number of rotatable bonds is 5. The molecule has 0 radical (unpaired) electrons. The third-order valence-electron chi connectivity index (χ3n) is 3.31. The van der Waals surface area contributed by atoms with Gasteiger partial charge >= 0.3 is 0 Å². The monoisotopic (exact) mass is 332 g/mol. The van der Waals surface area contributed by atoms with Gasteiger partial charge in [0.25, 0.3) is 10.2 Å². The number of ether oxygens (including phenoxy) is 1. The molecule has 2 rings (SSSR count). The standard InChI is InChI=1S/C14H21ClN2O3S/c1-11-9-17(10-12(2)20-11)21(18,19)16-7-6-13-4-3-5-14(15)8-13/h3-5,8,11-12,16H,6-7,9-10H2,1-2H3/t11-,12-/m0/s1.